The Morgan fingerprint density at radius 3 is 2.53 bits per heavy atom. The van der Waals surface area contributed by atoms with Crippen molar-refractivity contribution in [3.8, 4) is 0 Å². The molecule has 0 aromatic heterocycles. The van der Waals surface area contributed by atoms with Gasteiger partial charge in [0.15, 0.2) is 0 Å². The highest BCUT2D eigenvalue weighted by molar-refractivity contribution is 8.03. The Morgan fingerprint density at radius 1 is 1.33 bits per heavy atom. The van der Waals surface area contributed by atoms with Crippen LogP contribution in [0.15, 0.2) is 64.9 Å². The van der Waals surface area contributed by atoms with E-state index in [1.807, 2.05) is 55.5 Å². The molecule has 2 N–H and O–H groups in total. The highest BCUT2D eigenvalue weighted by Gasteiger charge is 1.95. The molecule has 2 heteroatoms. The van der Waals surface area contributed by atoms with E-state index in [0.29, 0.717) is 0 Å². The average Bonchev–Trinajstić information content (AvgIpc) is 2.27. The second-order valence-electron chi connectivity index (χ2n) is 2.97. The van der Waals surface area contributed by atoms with Crippen molar-refractivity contribution in [2.75, 3.05) is 5.73 Å². The Labute approximate surface area is 95.4 Å². The van der Waals surface area contributed by atoms with E-state index in [2.05, 4.69) is 6.58 Å². The van der Waals surface area contributed by atoms with E-state index in [-0.39, 0.29) is 0 Å². The van der Waals surface area contributed by atoms with Gasteiger partial charge in [0.25, 0.3) is 0 Å². The van der Waals surface area contributed by atoms with Gasteiger partial charge in [-0.3, -0.25) is 0 Å². The van der Waals surface area contributed by atoms with Crippen LogP contribution in [0.4, 0.5) is 5.69 Å². The number of hydrogen-bond acceptors (Lipinski definition) is 2. The van der Waals surface area contributed by atoms with Gasteiger partial charge in [0, 0.05) is 15.5 Å². The Kier molecular flexibility index (Phi) is 4.78. The lowest BCUT2D eigenvalue weighted by Gasteiger charge is -2.01. The van der Waals surface area contributed by atoms with Gasteiger partial charge in [0.1, 0.15) is 0 Å². The van der Waals surface area contributed by atoms with Crippen molar-refractivity contribution >= 4 is 17.4 Å². The van der Waals surface area contributed by atoms with Crippen LogP contribution in [0.25, 0.3) is 0 Å². The fourth-order valence-corrected chi connectivity index (χ4v) is 1.78. The maximum absolute atomic E-state index is 5.61. The summed E-state index contributed by atoms with van der Waals surface area (Å²) < 4.78 is 0. The first-order valence-electron chi connectivity index (χ1n) is 4.75. The molecule has 0 radical (unpaired) electrons. The Bertz CT molecular complexity index is 374. The molecule has 0 saturated heterocycles. The van der Waals surface area contributed by atoms with E-state index in [9.17, 15) is 0 Å². The first-order chi connectivity index (χ1) is 7.26. The van der Waals surface area contributed by atoms with Gasteiger partial charge in [-0.15, -0.1) is 0 Å². The van der Waals surface area contributed by atoms with Crippen LogP contribution >= 0.6 is 11.8 Å². The van der Waals surface area contributed by atoms with Crippen molar-refractivity contribution in [1.82, 2.24) is 0 Å². The molecule has 1 rings (SSSR count). The molecule has 0 aliphatic heterocycles. The number of nitrogen functional groups attached to an aromatic ring is 1. The van der Waals surface area contributed by atoms with Crippen molar-refractivity contribution < 1.29 is 0 Å². The molecule has 0 fully saturated rings. The van der Waals surface area contributed by atoms with Gasteiger partial charge in [-0.25, -0.2) is 0 Å². The zero-order chi connectivity index (χ0) is 11.1. The molecule has 15 heavy (non-hydrogen) atoms. The van der Waals surface area contributed by atoms with Crippen molar-refractivity contribution in [3.63, 3.8) is 0 Å². The molecule has 1 nitrogen and oxygen atoms in total. The molecule has 0 unspecified atom stereocenters. The van der Waals surface area contributed by atoms with Gasteiger partial charge in [-0.2, -0.15) is 0 Å². The molecular weight excluding hydrogens is 202 g/mol. The van der Waals surface area contributed by atoms with Crippen LogP contribution in [0.1, 0.15) is 6.92 Å². The smallest absolute Gasteiger partial charge is 0.0314 e. The summed E-state index contributed by atoms with van der Waals surface area (Å²) >= 11 is 1.67. The summed E-state index contributed by atoms with van der Waals surface area (Å²) in [6.07, 6.45) is 7.88. The quantitative estimate of drug-likeness (QED) is 0.468. The summed E-state index contributed by atoms with van der Waals surface area (Å²) in [5.74, 6) is 0. The third-order valence-corrected chi connectivity index (χ3v) is 2.82. The maximum atomic E-state index is 5.61. The summed E-state index contributed by atoms with van der Waals surface area (Å²) in [6.45, 7) is 5.77. The third-order valence-electron chi connectivity index (χ3n) is 1.77. The molecule has 0 bridgehead atoms. The predicted molar refractivity (Wildman–Crippen MR) is 69.8 cm³/mol. The number of anilines is 1. The molecule has 78 valence electrons. The SMILES string of the molecule is C=C/C(=C\C=C/C)Sc1ccc(N)cc1. The largest absolute Gasteiger partial charge is 0.399 e. The van der Waals surface area contributed by atoms with Crippen molar-refractivity contribution in [3.05, 3.63) is 60.1 Å². The van der Waals surface area contributed by atoms with Crippen LogP contribution in [0.2, 0.25) is 0 Å². The normalized spacial score (nSPS) is 11.9. The number of hydrogen-bond donors (Lipinski definition) is 1. The number of allylic oxidation sites excluding steroid dienone is 4. The molecule has 0 heterocycles. The molecular formula is C13H15NS. The molecule has 0 spiro atoms. The summed E-state index contributed by atoms with van der Waals surface area (Å²) in [5.41, 5.74) is 6.40. The first-order valence-corrected chi connectivity index (χ1v) is 5.56. The van der Waals surface area contributed by atoms with E-state index in [1.165, 1.54) is 4.90 Å². The Hall–Kier alpha value is -1.41. The fraction of sp³-hybridized carbons (Fsp3) is 0.0769. The lowest BCUT2D eigenvalue weighted by atomic mass is 10.3. The van der Waals surface area contributed by atoms with Gasteiger partial charge in [-0.1, -0.05) is 36.6 Å². The van der Waals surface area contributed by atoms with Gasteiger partial charge < -0.3 is 5.73 Å². The predicted octanol–water partition coefficient (Wildman–Crippen LogP) is 4.01. The molecule has 1 aromatic rings. The van der Waals surface area contributed by atoms with Crippen LogP contribution in [-0.2, 0) is 0 Å². The summed E-state index contributed by atoms with van der Waals surface area (Å²) in [6, 6.07) is 7.82. The van der Waals surface area contributed by atoms with Gasteiger partial charge >= 0.3 is 0 Å². The monoisotopic (exact) mass is 217 g/mol. The maximum Gasteiger partial charge on any atom is 0.0314 e. The number of rotatable bonds is 4. The van der Waals surface area contributed by atoms with Crippen LogP contribution in [0.5, 0.6) is 0 Å². The van der Waals surface area contributed by atoms with E-state index in [1.54, 1.807) is 11.8 Å². The van der Waals surface area contributed by atoms with Crippen molar-refractivity contribution in [2.45, 2.75) is 11.8 Å². The van der Waals surface area contributed by atoms with Crippen molar-refractivity contribution in [2.24, 2.45) is 0 Å². The van der Waals surface area contributed by atoms with Crippen molar-refractivity contribution in [1.29, 1.82) is 0 Å². The van der Waals surface area contributed by atoms with Gasteiger partial charge in [0.2, 0.25) is 0 Å². The zero-order valence-corrected chi connectivity index (χ0v) is 9.63. The zero-order valence-electron chi connectivity index (χ0n) is 8.81. The Morgan fingerprint density at radius 2 is 2.00 bits per heavy atom. The molecule has 0 aliphatic rings. The summed E-state index contributed by atoms with van der Waals surface area (Å²) in [7, 11) is 0. The third kappa shape index (κ3) is 4.09. The van der Waals surface area contributed by atoms with Gasteiger partial charge in [0.05, 0.1) is 0 Å². The summed E-state index contributed by atoms with van der Waals surface area (Å²) in [4.78, 5) is 2.29. The second kappa shape index (κ2) is 6.14. The topological polar surface area (TPSA) is 26.0 Å². The first kappa shape index (κ1) is 11.7. The number of thioether (sulfide) groups is 1. The minimum Gasteiger partial charge on any atom is -0.399 e. The van der Waals surface area contributed by atoms with E-state index < -0.39 is 0 Å². The fourth-order valence-electron chi connectivity index (χ4n) is 1.01. The van der Waals surface area contributed by atoms with E-state index >= 15 is 0 Å². The van der Waals surface area contributed by atoms with Gasteiger partial charge in [-0.05, 0) is 37.3 Å². The van der Waals surface area contributed by atoms with E-state index in [4.69, 9.17) is 5.73 Å². The molecule has 0 amide bonds. The molecule has 0 atom stereocenters. The van der Waals surface area contributed by atoms with E-state index in [0.717, 1.165) is 10.6 Å². The lowest BCUT2D eigenvalue weighted by Crippen LogP contribution is -1.82. The minimum atomic E-state index is 0.789. The standard InChI is InChI=1S/C13H15NS/c1-3-5-6-12(4-2)15-13-9-7-11(14)8-10-13/h3-10H,2,14H2,1H3/b5-3-,12-6+. The Balaban J connectivity index is 2.75. The van der Waals surface area contributed by atoms with Crippen LogP contribution in [-0.4, -0.2) is 0 Å². The minimum absolute atomic E-state index is 0.789. The second-order valence-corrected chi connectivity index (χ2v) is 4.12. The van der Waals surface area contributed by atoms with Crippen LogP contribution < -0.4 is 5.73 Å². The average molecular weight is 217 g/mol. The van der Waals surface area contributed by atoms with Crippen LogP contribution in [0.3, 0.4) is 0 Å². The molecule has 1 aromatic carbocycles. The van der Waals surface area contributed by atoms with Crippen LogP contribution in [0, 0.1) is 0 Å². The lowest BCUT2D eigenvalue weighted by molar-refractivity contribution is 1.47. The highest BCUT2D eigenvalue weighted by atomic mass is 32.2. The molecule has 0 saturated carbocycles. The number of nitrogens with two attached hydrogens (primary N) is 1. The number of benzene rings is 1. The highest BCUT2D eigenvalue weighted by Crippen LogP contribution is 2.27. The summed E-state index contributed by atoms with van der Waals surface area (Å²) in [5, 5.41) is 0. The molecule has 0 aliphatic carbocycles.